The second kappa shape index (κ2) is 6.88. The van der Waals surface area contributed by atoms with Gasteiger partial charge in [0.1, 0.15) is 0 Å². The standard InChI is InChI=1S/C3H9O2P.W/c1-3-6(4)5-2;/h6H,3H2,1-2H3;. The van der Waals surface area contributed by atoms with Gasteiger partial charge < -0.3 is 4.52 Å². The van der Waals surface area contributed by atoms with Gasteiger partial charge in [0, 0.05) is 34.3 Å². The van der Waals surface area contributed by atoms with Crippen molar-refractivity contribution >= 4 is 8.03 Å². The third kappa shape index (κ3) is 6.88. The summed E-state index contributed by atoms with van der Waals surface area (Å²) in [5, 5.41) is 0. The second-order valence-electron chi connectivity index (χ2n) is 0.930. The monoisotopic (exact) mass is 292 g/mol. The summed E-state index contributed by atoms with van der Waals surface area (Å²) in [5.41, 5.74) is 0. The molecule has 0 spiro atoms. The van der Waals surface area contributed by atoms with Crippen LogP contribution < -0.4 is 0 Å². The maximum atomic E-state index is 10.1. The number of hydrogen-bond donors (Lipinski definition) is 0. The van der Waals surface area contributed by atoms with Crippen LogP contribution in [0.1, 0.15) is 6.92 Å². The molecule has 4 heteroatoms. The molecule has 0 radical (unpaired) electrons. The Kier molecular flexibility index (Phi) is 10.6. The minimum Gasteiger partial charge on any atom is -0.334 e. The van der Waals surface area contributed by atoms with Crippen LogP contribution in [0.5, 0.6) is 0 Å². The van der Waals surface area contributed by atoms with E-state index < -0.39 is 8.03 Å². The van der Waals surface area contributed by atoms with Gasteiger partial charge in [0.2, 0.25) is 0 Å². The van der Waals surface area contributed by atoms with Crippen molar-refractivity contribution in [3.05, 3.63) is 0 Å². The van der Waals surface area contributed by atoms with Gasteiger partial charge in [0.05, 0.1) is 0 Å². The van der Waals surface area contributed by atoms with Crippen LogP contribution in [0, 0.1) is 0 Å². The molecule has 0 saturated carbocycles. The summed E-state index contributed by atoms with van der Waals surface area (Å²) < 4.78 is 14.6. The van der Waals surface area contributed by atoms with Crippen LogP contribution in [-0.4, -0.2) is 13.3 Å². The molecule has 0 rings (SSSR count). The normalized spacial score (nSPS) is 12.3. The molecule has 0 bridgehead atoms. The average molecular weight is 292 g/mol. The van der Waals surface area contributed by atoms with E-state index in [0.717, 1.165) is 0 Å². The van der Waals surface area contributed by atoms with Crippen LogP contribution in [-0.2, 0) is 30.2 Å². The van der Waals surface area contributed by atoms with Crippen LogP contribution >= 0.6 is 8.03 Å². The van der Waals surface area contributed by atoms with Crippen molar-refractivity contribution in [3.63, 3.8) is 0 Å². The topological polar surface area (TPSA) is 26.3 Å². The van der Waals surface area contributed by atoms with E-state index in [0.29, 0.717) is 6.16 Å². The summed E-state index contributed by atoms with van der Waals surface area (Å²) in [7, 11) is -0.155. The quantitative estimate of drug-likeness (QED) is 0.713. The molecule has 0 heterocycles. The molecule has 2 nitrogen and oxygen atoms in total. The molecule has 7 heavy (non-hydrogen) atoms. The predicted octanol–water partition coefficient (Wildman–Crippen LogP) is 1.12. The maximum absolute atomic E-state index is 10.1. The minimum atomic E-state index is -1.62. The van der Waals surface area contributed by atoms with E-state index in [-0.39, 0.29) is 21.1 Å². The second-order valence-corrected chi connectivity index (χ2v) is 2.79. The molecular weight excluding hydrogens is 283 g/mol. The van der Waals surface area contributed by atoms with Gasteiger partial charge in [-0.25, -0.2) is 0 Å². The van der Waals surface area contributed by atoms with Crippen molar-refractivity contribution in [2.24, 2.45) is 0 Å². The zero-order valence-electron chi connectivity index (χ0n) is 4.43. The molecule has 1 unspecified atom stereocenters. The zero-order chi connectivity index (χ0) is 4.99. The zero-order valence-corrected chi connectivity index (χ0v) is 8.37. The Bertz CT molecular complexity index is 50.9. The fourth-order valence-corrected chi connectivity index (χ4v) is 0.433. The summed E-state index contributed by atoms with van der Waals surface area (Å²) in [6.07, 6.45) is 0.654. The molecule has 1 atom stereocenters. The Morgan fingerprint density at radius 1 is 1.71 bits per heavy atom. The van der Waals surface area contributed by atoms with Crippen molar-refractivity contribution in [1.29, 1.82) is 0 Å². The van der Waals surface area contributed by atoms with Crippen LogP contribution in [0.3, 0.4) is 0 Å². The predicted molar refractivity (Wildman–Crippen MR) is 26.6 cm³/mol. The van der Waals surface area contributed by atoms with Gasteiger partial charge in [0.25, 0.3) is 0 Å². The van der Waals surface area contributed by atoms with Crippen LogP contribution in [0.15, 0.2) is 0 Å². The smallest absolute Gasteiger partial charge is 0.191 e. The fraction of sp³-hybridized carbons (Fsp3) is 1.00. The van der Waals surface area contributed by atoms with Gasteiger partial charge in [-0.1, -0.05) is 6.92 Å². The molecule has 0 aliphatic rings. The molecule has 44 valence electrons. The Labute approximate surface area is 58.8 Å². The van der Waals surface area contributed by atoms with Crippen molar-refractivity contribution in [2.45, 2.75) is 6.92 Å². The maximum Gasteiger partial charge on any atom is 0.191 e. The van der Waals surface area contributed by atoms with Crippen molar-refractivity contribution < 1.29 is 30.2 Å². The van der Waals surface area contributed by atoms with Crippen LogP contribution in [0.25, 0.3) is 0 Å². The number of hydrogen-bond acceptors (Lipinski definition) is 2. The van der Waals surface area contributed by atoms with Crippen LogP contribution in [0.4, 0.5) is 0 Å². The van der Waals surface area contributed by atoms with E-state index in [1.165, 1.54) is 7.11 Å². The Morgan fingerprint density at radius 2 is 2.14 bits per heavy atom. The molecule has 0 aromatic heterocycles. The Morgan fingerprint density at radius 3 is 2.14 bits per heavy atom. The summed E-state index contributed by atoms with van der Waals surface area (Å²) in [4.78, 5) is 0. The molecule has 0 amide bonds. The van der Waals surface area contributed by atoms with E-state index in [1.807, 2.05) is 6.92 Å². The van der Waals surface area contributed by atoms with Gasteiger partial charge in [-0.3, -0.25) is 4.57 Å². The largest absolute Gasteiger partial charge is 0.334 e. The molecular formula is C3H9O2PW. The van der Waals surface area contributed by atoms with Gasteiger partial charge in [-0.2, -0.15) is 0 Å². The van der Waals surface area contributed by atoms with E-state index in [4.69, 9.17) is 0 Å². The Hall–Kier alpha value is 0.878. The van der Waals surface area contributed by atoms with Gasteiger partial charge in [-0.15, -0.1) is 0 Å². The molecule has 0 aliphatic carbocycles. The molecule has 0 aliphatic heterocycles. The Balaban J connectivity index is 0. The molecule has 0 aromatic rings. The van der Waals surface area contributed by atoms with E-state index >= 15 is 0 Å². The van der Waals surface area contributed by atoms with E-state index in [1.54, 1.807) is 0 Å². The van der Waals surface area contributed by atoms with Gasteiger partial charge in [0.15, 0.2) is 8.03 Å². The molecule has 0 fully saturated rings. The summed E-state index contributed by atoms with van der Waals surface area (Å²) in [5.74, 6) is 0. The van der Waals surface area contributed by atoms with Crippen molar-refractivity contribution in [3.8, 4) is 0 Å². The SMILES string of the molecule is CC[PH](=O)OC.[W]. The number of rotatable bonds is 2. The van der Waals surface area contributed by atoms with Crippen LogP contribution in [0.2, 0.25) is 0 Å². The fourth-order valence-electron chi connectivity index (χ4n) is 0.144. The van der Waals surface area contributed by atoms with Gasteiger partial charge in [-0.05, 0) is 0 Å². The van der Waals surface area contributed by atoms with Gasteiger partial charge >= 0.3 is 0 Å². The van der Waals surface area contributed by atoms with Crippen molar-refractivity contribution in [1.82, 2.24) is 0 Å². The molecule has 0 aromatic carbocycles. The minimum absolute atomic E-state index is 0. The first kappa shape index (κ1) is 10.8. The summed E-state index contributed by atoms with van der Waals surface area (Å²) >= 11 is 0. The molecule has 0 saturated heterocycles. The first-order valence-corrected chi connectivity index (χ1v) is 3.40. The first-order chi connectivity index (χ1) is 2.81. The summed E-state index contributed by atoms with van der Waals surface area (Å²) in [6, 6.07) is 0. The van der Waals surface area contributed by atoms with Crippen molar-refractivity contribution in [2.75, 3.05) is 13.3 Å². The van der Waals surface area contributed by atoms with E-state index in [9.17, 15) is 4.57 Å². The van der Waals surface area contributed by atoms with E-state index in [2.05, 4.69) is 4.52 Å². The first-order valence-electron chi connectivity index (χ1n) is 1.88. The molecule has 0 N–H and O–H groups in total. The third-order valence-corrected chi connectivity index (χ3v) is 1.55. The third-order valence-electron chi connectivity index (χ3n) is 0.516. The average Bonchev–Trinajstić information content (AvgIpc) is 1.65. The summed E-state index contributed by atoms with van der Waals surface area (Å²) in [6.45, 7) is 1.84.